The molecule has 6 heteroatoms. The molecule has 0 spiro atoms. The van der Waals surface area contributed by atoms with Gasteiger partial charge in [-0.2, -0.15) is 0 Å². The third-order valence-corrected chi connectivity index (χ3v) is 5.95. The molecule has 1 fully saturated rings. The molecule has 29 heavy (non-hydrogen) atoms. The molecule has 1 aliphatic rings. The normalized spacial score (nSPS) is 19.6. The third-order valence-electron chi connectivity index (χ3n) is 5.95. The van der Waals surface area contributed by atoms with E-state index in [1.54, 1.807) is 16.8 Å². The molecule has 1 aliphatic heterocycles. The molecule has 150 valence electrons. The number of para-hydroxylation sites is 2. The SMILES string of the molecule is CN(Cc1nc2ccccc2n1C)C(=O)C1CCC(=O)N(C)C1c1ccccc1. The molecule has 2 amide bonds. The molecule has 6 nitrogen and oxygen atoms in total. The zero-order valence-electron chi connectivity index (χ0n) is 17.1. The summed E-state index contributed by atoms with van der Waals surface area (Å²) in [6.45, 7) is 0.430. The van der Waals surface area contributed by atoms with Crippen LogP contribution in [0.3, 0.4) is 0 Å². The molecule has 2 atom stereocenters. The summed E-state index contributed by atoms with van der Waals surface area (Å²) in [4.78, 5) is 33.9. The number of aromatic nitrogens is 2. The summed E-state index contributed by atoms with van der Waals surface area (Å²) in [6, 6.07) is 17.6. The molecular formula is C23H26N4O2. The number of imidazole rings is 1. The van der Waals surface area contributed by atoms with Gasteiger partial charge in [0.1, 0.15) is 5.82 Å². The summed E-state index contributed by atoms with van der Waals surface area (Å²) in [7, 11) is 5.59. The van der Waals surface area contributed by atoms with Crippen LogP contribution in [0.25, 0.3) is 11.0 Å². The summed E-state index contributed by atoms with van der Waals surface area (Å²) in [5.74, 6) is 0.713. The third kappa shape index (κ3) is 3.50. The Bertz CT molecular complexity index is 1040. The first-order chi connectivity index (χ1) is 14.0. The second-order valence-corrected chi connectivity index (χ2v) is 7.78. The first-order valence-electron chi connectivity index (χ1n) is 9.93. The number of likely N-dealkylation sites (tertiary alicyclic amines) is 1. The first kappa shape index (κ1) is 19.2. The van der Waals surface area contributed by atoms with E-state index in [1.165, 1.54) is 0 Å². The zero-order chi connectivity index (χ0) is 20.5. The van der Waals surface area contributed by atoms with Crippen molar-refractivity contribution in [3.8, 4) is 0 Å². The number of fused-ring (bicyclic) bond motifs is 1. The van der Waals surface area contributed by atoms with Crippen molar-refractivity contribution >= 4 is 22.8 Å². The highest BCUT2D eigenvalue weighted by Gasteiger charge is 2.40. The van der Waals surface area contributed by atoms with Gasteiger partial charge < -0.3 is 14.4 Å². The van der Waals surface area contributed by atoms with Crippen molar-refractivity contribution in [3.63, 3.8) is 0 Å². The molecule has 1 saturated heterocycles. The Morgan fingerprint density at radius 1 is 1.10 bits per heavy atom. The van der Waals surface area contributed by atoms with E-state index in [4.69, 9.17) is 0 Å². The average molecular weight is 390 g/mol. The fourth-order valence-corrected chi connectivity index (χ4v) is 4.31. The molecular weight excluding hydrogens is 364 g/mol. The summed E-state index contributed by atoms with van der Waals surface area (Å²) in [5, 5.41) is 0. The number of amides is 2. The van der Waals surface area contributed by atoms with Gasteiger partial charge in [0.05, 0.1) is 29.5 Å². The lowest BCUT2D eigenvalue weighted by atomic mass is 9.83. The Balaban J connectivity index is 1.59. The lowest BCUT2D eigenvalue weighted by Crippen LogP contribution is -2.46. The fraction of sp³-hybridized carbons (Fsp3) is 0.348. The van der Waals surface area contributed by atoms with Crippen LogP contribution in [0.4, 0.5) is 0 Å². The van der Waals surface area contributed by atoms with Crippen molar-refractivity contribution in [1.82, 2.24) is 19.4 Å². The van der Waals surface area contributed by atoms with Crippen LogP contribution >= 0.6 is 0 Å². The average Bonchev–Trinajstić information content (AvgIpc) is 3.05. The maximum absolute atomic E-state index is 13.4. The van der Waals surface area contributed by atoms with Crippen LogP contribution in [0, 0.1) is 5.92 Å². The van der Waals surface area contributed by atoms with Crippen molar-refractivity contribution in [2.75, 3.05) is 14.1 Å². The van der Waals surface area contributed by atoms with Crippen molar-refractivity contribution in [1.29, 1.82) is 0 Å². The second-order valence-electron chi connectivity index (χ2n) is 7.78. The van der Waals surface area contributed by atoms with Crippen LogP contribution in [0.15, 0.2) is 54.6 Å². The number of hydrogen-bond donors (Lipinski definition) is 0. The van der Waals surface area contributed by atoms with E-state index in [-0.39, 0.29) is 23.8 Å². The van der Waals surface area contributed by atoms with Gasteiger partial charge in [-0.05, 0) is 24.1 Å². The maximum Gasteiger partial charge on any atom is 0.228 e. The van der Waals surface area contributed by atoms with Gasteiger partial charge in [-0.1, -0.05) is 42.5 Å². The number of aryl methyl sites for hydroxylation is 1. The van der Waals surface area contributed by atoms with Gasteiger partial charge >= 0.3 is 0 Å². The van der Waals surface area contributed by atoms with Crippen LogP contribution in [-0.4, -0.2) is 45.3 Å². The van der Waals surface area contributed by atoms with Crippen LogP contribution in [0.2, 0.25) is 0 Å². The summed E-state index contributed by atoms with van der Waals surface area (Å²) < 4.78 is 2.03. The summed E-state index contributed by atoms with van der Waals surface area (Å²) >= 11 is 0. The lowest BCUT2D eigenvalue weighted by Gasteiger charge is -2.40. The number of hydrogen-bond acceptors (Lipinski definition) is 3. The molecule has 0 N–H and O–H groups in total. The number of nitrogens with zero attached hydrogens (tertiary/aromatic N) is 4. The van der Waals surface area contributed by atoms with E-state index < -0.39 is 0 Å². The molecule has 0 saturated carbocycles. The Labute approximate surface area is 170 Å². The monoisotopic (exact) mass is 390 g/mol. The molecule has 0 aliphatic carbocycles. The Kier molecular flexibility index (Phi) is 5.09. The summed E-state index contributed by atoms with van der Waals surface area (Å²) in [5.41, 5.74) is 2.97. The van der Waals surface area contributed by atoms with E-state index in [0.717, 1.165) is 22.4 Å². The second kappa shape index (κ2) is 7.70. The molecule has 0 bridgehead atoms. The number of benzene rings is 2. The Morgan fingerprint density at radius 3 is 2.52 bits per heavy atom. The van der Waals surface area contributed by atoms with Crippen molar-refractivity contribution in [2.45, 2.75) is 25.4 Å². The van der Waals surface area contributed by atoms with Crippen LogP contribution < -0.4 is 0 Å². The molecule has 1 aromatic heterocycles. The highest BCUT2D eigenvalue weighted by Crippen LogP contribution is 2.36. The molecule has 3 aromatic rings. The van der Waals surface area contributed by atoms with Gasteiger partial charge in [0, 0.05) is 27.6 Å². The van der Waals surface area contributed by atoms with Crippen LogP contribution in [0.1, 0.15) is 30.3 Å². The molecule has 4 rings (SSSR count). The smallest absolute Gasteiger partial charge is 0.228 e. The number of carbonyl (C=O) groups excluding carboxylic acids is 2. The van der Waals surface area contributed by atoms with Crippen molar-refractivity contribution < 1.29 is 9.59 Å². The summed E-state index contributed by atoms with van der Waals surface area (Å²) in [6.07, 6.45) is 0.963. The van der Waals surface area contributed by atoms with E-state index in [1.807, 2.05) is 73.3 Å². The van der Waals surface area contributed by atoms with E-state index >= 15 is 0 Å². The van der Waals surface area contributed by atoms with Gasteiger partial charge in [-0.25, -0.2) is 4.98 Å². The minimum Gasteiger partial charge on any atom is -0.338 e. The van der Waals surface area contributed by atoms with E-state index in [2.05, 4.69) is 4.98 Å². The molecule has 2 aromatic carbocycles. The van der Waals surface area contributed by atoms with Gasteiger partial charge in [-0.3, -0.25) is 9.59 Å². The van der Waals surface area contributed by atoms with Crippen LogP contribution in [0.5, 0.6) is 0 Å². The van der Waals surface area contributed by atoms with E-state index in [0.29, 0.717) is 19.4 Å². The Morgan fingerprint density at radius 2 is 1.79 bits per heavy atom. The predicted molar refractivity (Wildman–Crippen MR) is 112 cm³/mol. The van der Waals surface area contributed by atoms with Gasteiger partial charge in [-0.15, -0.1) is 0 Å². The number of rotatable bonds is 4. The first-order valence-corrected chi connectivity index (χ1v) is 9.93. The number of piperidine rings is 1. The molecule has 2 heterocycles. The minimum atomic E-state index is -0.264. The largest absolute Gasteiger partial charge is 0.338 e. The highest BCUT2D eigenvalue weighted by atomic mass is 16.2. The highest BCUT2D eigenvalue weighted by molar-refractivity contribution is 5.85. The zero-order valence-corrected chi connectivity index (χ0v) is 17.1. The maximum atomic E-state index is 13.4. The topological polar surface area (TPSA) is 58.4 Å². The van der Waals surface area contributed by atoms with Crippen molar-refractivity contribution in [3.05, 3.63) is 66.0 Å². The Hall–Kier alpha value is -3.15. The minimum absolute atomic E-state index is 0.0465. The fourth-order valence-electron chi connectivity index (χ4n) is 4.31. The predicted octanol–water partition coefficient (Wildman–Crippen LogP) is 3.14. The van der Waals surface area contributed by atoms with E-state index in [9.17, 15) is 9.59 Å². The van der Waals surface area contributed by atoms with Gasteiger partial charge in [0.15, 0.2) is 0 Å². The standard InChI is InChI=1S/C23H26N4O2/c1-25(15-20-24-18-11-7-8-12-19(18)26(20)2)23(29)17-13-14-21(28)27(3)22(17)16-9-5-4-6-10-16/h4-12,17,22H,13-15H2,1-3H3. The van der Waals surface area contributed by atoms with Crippen molar-refractivity contribution in [2.24, 2.45) is 13.0 Å². The van der Waals surface area contributed by atoms with Crippen LogP contribution in [-0.2, 0) is 23.2 Å². The van der Waals surface area contributed by atoms with Gasteiger partial charge in [0.2, 0.25) is 11.8 Å². The lowest BCUT2D eigenvalue weighted by molar-refractivity contribution is -0.146. The number of carbonyl (C=O) groups is 2. The quantitative estimate of drug-likeness (QED) is 0.688. The molecule has 2 unspecified atom stereocenters. The molecule has 0 radical (unpaired) electrons. The van der Waals surface area contributed by atoms with Gasteiger partial charge in [0.25, 0.3) is 0 Å².